The third-order valence-electron chi connectivity index (χ3n) is 3.92. The molecular formula is C15H23N5O3. The van der Waals surface area contributed by atoms with Crippen LogP contribution in [-0.2, 0) is 29.1 Å². The number of ether oxygens (including phenoxy) is 2. The lowest BCUT2D eigenvalue weighted by atomic mass is 10.2. The molecule has 1 aliphatic rings. The summed E-state index contributed by atoms with van der Waals surface area (Å²) in [5.74, 6) is 1.76. The Balaban J connectivity index is 1.65. The van der Waals surface area contributed by atoms with E-state index in [4.69, 9.17) is 13.9 Å². The number of rotatable bonds is 9. The van der Waals surface area contributed by atoms with Crippen LogP contribution >= 0.6 is 0 Å². The molecular weight excluding hydrogens is 298 g/mol. The Labute approximate surface area is 135 Å². The maximum Gasteiger partial charge on any atom is 0.165 e. The molecule has 1 atom stereocenters. The van der Waals surface area contributed by atoms with Crippen LogP contribution in [0.5, 0.6) is 0 Å². The van der Waals surface area contributed by atoms with E-state index >= 15 is 0 Å². The summed E-state index contributed by atoms with van der Waals surface area (Å²) in [5, 5.41) is 12.0. The second kappa shape index (κ2) is 8.19. The fourth-order valence-electron chi connectivity index (χ4n) is 2.77. The smallest absolute Gasteiger partial charge is 0.165 e. The second-order valence-corrected chi connectivity index (χ2v) is 5.70. The van der Waals surface area contributed by atoms with E-state index in [2.05, 4.69) is 20.4 Å². The SMILES string of the molecule is COCCn1nnnc1CN(Cc1ccco1)C[C@@H]1CCCO1. The average molecular weight is 321 g/mol. The van der Waals surface area contributed by atoms with Crippen molar-refractivity contribution in [2.75, 3.05) is 26.9 Å². The largest absolute Gasteiger partial charge is 0.468 e. The zero-order valence-corrected chi connectivity index (χ0v) is 13.4. The van der Waals surface area contributed by atoms with Gasteiger partial charge in [-0.25, -0.2) is 4.68 Å². The summed E-state index contributed by atoms with van der Waals surface area (Å²) >= 11 is 0. The Hall–Kier alpha value is -1.77. The first-order chi connectivity index (χ1) is 11.3. The van der Waals surface area contributed by atoms with Crippen molar-refractivity contribution in [3.05, 3.63) is 30.0 Å². The van der Waals surface area contributed by atoms with Crippen LogP contribution in [-0.4, -0.2) is 58.1 Å². The van der Waals surface area contributed by atoms with Gasteiger partial charge in [-0.3, -0.25) is 4.90 Å². The molecule has 0 N–H and O–H groups in total. The predicted octanol–water partition coefficient (Wildman–Crippen LogP) is 1.09. The number of hydrogen-bond donors (Lipinski definition) is 0. The van der Waals surface area contributed by atoms with Crippen LogP contribution < -0.4 is 0 Å². The zero-order valence-electron chi connectivity index (χ0n) is 13.4. The van der Waals surface area contributed by atoms with Crippen LogP contribution in [0.1, 0.15) is 24.4 Å². The Morgan fingerprint density at radius 2 is 2.39 bits per heavy atom. The number of tetrazole rings is 1. The van der Waals surface area contributed by atoms with E-state index in [0.29, 0.717) is 26.2 Å². The summed E-state index contributed by atoms with van der Waals surface area (Å²) in [5.41, 5.74) is 0. The van der Waals surface area contributed by atoms with E-state index in [9.17, 15) is 0 Å². The van der Waals surface area contributed by atoms with Gasteiger partial charge in [0.25, 0.3) is 0 Å². The van der Waals surface area contributed by atoms with Crippen molar-refractivity contribution in [3.63, 3.8) is 0 Å². The maximum atomic E-state index is 5.77. The van der Waals surface area contributed by atoms with E-state index in [0.717, 1.165) is 37.6 Å². The van der Waals surface area contributed by atoms with Gasteiger partial charge in [0.2, 0.25) is 0 Å². The monoisotopic (exact) mass is 321 g/mol. The van der Waals surface area contributed by atoms with Crippen molar-refractivity contribution in [2.24, 2.45) is 0 Å². The Bertz CT molecular complexity index is 565. The molecule has 3 rings (SSSR count). The highest BCUT2D eigenvalue weighted by Crippen LogP contribution is 2.16. The Morgan fingerprint density at radius 3 is 3.13 bits per heavy atom. The molecule has 1 fully saturated rings. The van der Waals surface area contributed by atoms with Crippen molar-refractivity contribution in [3.8, 4) is 0 Å². The summed E-state index contributed by atoms with van der Waals surface area (Å²) < 4.78 is 18.1. The number of furan rings is 1. The first-order valence-electron chi connectivity index (χ1n) is 7.95. The van der Waals surface area contributed by atoms with Gasteiger partial charge in [-0.1, -0.05) is 0 Å². The third-order valence-corrected chi connectivity index (χ3v) is 3.92. The quantitative estimate of drug-likeness (QED) is 0.684. The number of nitrogens with zero attached hydrogens (tertiary/aromatic N) is 5. The molecule has 3 heterocycles. The minimum atomic E-state index is 0.272. The van der Waals surface area contributed by atoms with Crippen LogP contribution in [0.3, 0.4) is 0 Å². The number of hydrogen-bond acceptors (Lipinski definition) is 7. The van der Waals surface area contributed by atoms with Gasteiger partial charge in [-0.2, -0.15) is 0 Å². The second-order valence-electron chi connectivity index (χ2n) is 5.70. The molecule has 2 aromatic rings. The van der Waals surface area contributed by atoms with E-state index in [1.165, 1.54) is 0 Å². The standard InChI is InChI=1S/C15H23N5O3/c1-21-9-6-20-15(16-17-18-20)12-19(10-13-4-2-7-22-13)11-14-5-3-8-23-14/h2,4,7,14H,3,5-6,8-12H2,1H3/t14-/m0/s1. The van der Waals surface area contributed by atoms with Crippen LogP contribution in [0.25, 0.3) is 0 Å². The Kier molecular flexibility index (Phi) is 5.73. The first-order valence-corrected chi connectivity index (χ1v) is 7.95. The highest BCUT2D eigenvalue weighted by molar-refractivity contribution is 4.98. The van der Waals surface area contributed by atoms with Gasteiger partial charge in [0.1, 0.15) is 5.76 Å². The van der Waals surface area contributed by atoms with Gasteiger partial charge < -0.3 is 13.9 Å². The van der Waals surface area contributed by atoms with Crippen LogP contribution in [0.2, 0.25) is 0 Å². The van der Waals surface area contributed by atoms with E-state index in [1.54, 1.807) is 18.1 Å². The number of methoxy groups -OCH3 is 1. The van der Waals surface area contributed by atoms with Gasteiger partial charge in [-0.05, 0) is 35.4 Å². The van der Waals surface area contributed by atoms with Gasteiger partial charge in [-0.15, -0.1) is 5.10 Å². The van der Waals surface area contributed by atoms with Crippen molar-refractivity contribution in [1.82, 2.24) is 25.1 Å². The van der Waals surface area contributed by atoms with Gasteiger partial charge in [0, 0.05) is 20.3 Å². The molecule has 8 heteroatoms. The molecule has 1 aliphatic heterocycles. The zero-order chi connectivity index (χ0) is 15.9. The molecule has 0 aliphatic carbocycles. The molecule has 0 spiro atoms. The highest BCUT2D eigenvalue weighted by Gasteiger charge is 2.21. The topological polar surface area (TPSA) is 78.4 Å². The molecule has 0 radical (unpaired) electrons. The fourth-order valence-corrected chi connectivity index (χ4v) is 2.77. The average Bonchev–Trinajstić information content (AvgIpc) is 3.28. The number of aromatic nitrogens is 4. The first kappa shape index (κ1) is 16.1. The molecule has 0 saturated carbocycles. The summed E-state index contributed by atoms with van der Waals surface area (Å²) in [6, 6.07) is 3.89. The van der Waals surface area contributed by atoms with Gasteiger partial charge in [0.15, 0.2) is 5.82 Å². The maximum absolute atomic E-state index is 5.77. The lowest BCUT2D eigenvalue weighted by Crippen LogP contribution is -2.32. The molecule has 1 saturated heterocycles. The molecule has 8 nitrogen and oxygen atoms in total. The predicted molar refractivity (Wildman–Crippen MR) is 81.5 cm³/mol. The lowest BCUT2D eigenvalue weighted by molar-refractivity contribution is 0.0637. The summed E-state index contributed by atoms with van der Waals surface area (Å²) in [4.78, 5) is 2.27. The molecule has 0 bridgehead atoms. The van der Waals surface area contributed by atoms with Crippen molar-refractivity contribution < 1.29 is 13.9 Å². The fraction of sp³-hybridized carbons (Fsp3) is 0.667. The normalized spacial score (nSPS) is 18.1. The highest BCUT2D eigenvalue weighted by atomic mass is 16.5. The molecule has 126 valence electrons. The Morgan fingerprint density at radius 1 is 1.43 bits per heavy atom. The minimum Gasteiger partial charge on any atom is -0.468 e. The molecule has 0 amide bonds. The summed E-state index contributed by atoms with van der Waals surface area (Å²) in [6.45, 7) is 4.29. The minimum absolute atomic E-state index is 0.272. The summed E-state index contributed by atoms with van der Waals surface area (Å²) in [7, 11) is 1.67. The van der Waals surface area contributed by atoms with Gasteiger partial charge in [0.05, 0.1) is 38.6 Å². The van der Waals surface area contributed by atoms with E-state index in [-0.39, 0.29) is 6.10 Å². The van der Waals surface area contributed by atoms with Crippen LogP contribution in [0, 0.1) is 0 Å². The van der Waals surface area contributed by atoms with Crippen molar-refractivity contribution >= 4 is 0 Å². The lowest BCUT2D eigenvalue weighted by Gasteiger charge is -2.23. The molecule has 23 heavy (non-hydrogen) atoms. The van der Waals surface area contributed by atoms with Crippen LogP contribution in [0.4, 0.5) is 0 Å². The summed E-state index contributed by atoms with van der Waals surface area (Å²) in [6.07, 6.45) is 4.20. The van der Waals surface area contributed by atoms with Gasteiger partial charge >= 0.3 is 0 Å². The molecule has 0 aromatic carbocycles. The molecule has 0 unspecified atom stereocenters. The molecule has 2 aromatic heterocycles. The third kappa shape index (κ3) is 4.60. The van der Waals surface area contributed by atoms with Crippen LogP contribution in [0.15, 0.2) is 22.8 Å². The van der Waals surface area contributed by atoms with Crippen molar-refractivity contribution in [2.45, 2.75) is 38.6 Å². The van der Waals surface area contributed by atoms with E-state index < -0.39 is 0 Å². The van der Waals surface area contributed by atoms with E-state index in [1.807, 2.05) is 12.1 Å². The van der Waals surface area contributed by atoms with Crippen molar-refractivity contribution in [1.29, 1.82) is 0 Å².